The highest BCUT2D eigenvalue weighted by Crippen LogP contribution is 2.47. The van der Waals surface area contributed by atoms with Crippen LogP contribution in [0.3, 0.4) is 0 Å². The van der Waals surface area contributed by atoms with Gasteiger partial charge in [0.1, 0.15) is 0 Å². The molecule has 0 heterocycles. The van der Waals surface area contributed by atoms with Crippen LogP contribution in [0.2, 0.25) is 18.1 Å². The summed E-state index contributed by atoms with van der Waals surface area (Å²) in [6.07, 6.45) is 1.90. The van der Waals surface area contributed by atoms with Crippen molar-refractivity contribution >= 4 is 18.4 Å². The molecule has 0 radical (unpaired) electrons. The first-order valence-electron chi connectivity index (χ1n) is 8.02. The molecule has 2 atom stereocenters. The summed E-state index contributed by atoms with van der Waals surface area (Å²) in [7, 11) is -5.31. The second-order valence-electron chi connectivity index (χ2n) is 7.92. The van der Waals surface area contributed by atoms with Crippen LogP contribution in [0.15, 0.2) is 24.3 Å². The van der Waals surface area contributed by atoms with Crippen LogP contribution >= 0.6 is 0 Å². The maximum atomic E-state index is 11.3. The van der Waals surface area contributed by atoms with Gasteiger partial charge in [-0.1, -0.05) is 45.0 Å². The van der Waals surface area contributed by atoms with Crippen molar-refractivity contribution < 1.29 is 17.0 Å². The molecule has 0 spiro atoms. The molecule has 6 heteroatoms. The van der Waals surface area contributed by atoms with E-state index >= 15 is 0 Å². The molecule has 0 fully saturated rings. The minimum Gasteiger partial charge on any atom is -0.410 e. The second-order valence-corrected chi connectivity index (χ2v) is 14.3. The van der Waals surface area contributed by atoms with E-state index < -0.39 is 18.4 Å². The monoisotopic (exact) mass is 356 g/mol. The van der Waals surface area contributed by atoms with Gasteiger partial charge in [0.15, 0.2) is 8.32 Å². The first kappa shape index (κ1) is 18.6. The molecule has 0 saturated carbocycles. The highest BCUT2D eigenvalue weighted by atomic mass is 32.2. The fraction of sp³-hybridized carbons (Fsp3) is 0.647. The van der Waals surface area contributed by atoms with Crippen molar-refractivity contribution in [2.45, 2.75) is 57.3 Å². The summed E-state index contributed by atoms with van der Waals surface area (Å²) in [6.45, 7) is 11.4. The molecular weight excluding hydrogens is 328 g/mol. The third-order valence-corrected chi connectivity index (χ3v) is 10.1. The molecule has 0 aliphatic heterocycles. The maximum Gasteiger partial charge on any atom is 0.264 e. The van der Waals surface area contributed by atoms with Crippen molar-refractivity contribution in [3.63, 3.8) is 0 Å². The molecule has 130 valence electrons. The minimum atomic E-state index is -3.42. The minimum absolute atomic E-state index is 0.0280. The van der Waals surface area contributed by atoms with E-state index in [1.807, 2.05) is 12.1 Å². The van der Waals surface area contributed by atoms with Crippen molar-refractivity contribution in [2.75, 3.05) is 12.9 Å². The van der Waals surface area contributed by atoms with Gasteiger partial charge in [0.2, 0.25) is 0 Å². The highest BCUT2D eigenvalue weighted by Gasteiger charge is 2.42. The van der Waals surface area contributed by atoms with Crippen LogP contribution in [0, 0.1) is 0 Å². The lowest BCUT2D eigenvalue weighted by Gasteiger charge is -2.38. The summed E-state index contributed by atoms with van der Waals surface area (Å²) in [4.78, 5) is 0. The van der Waals surface area contributed by atoms with Crippen LogP contribution in [0.4, 0.5) is 0 Å². The Morgan fingerprint density at radius 3 is 2.26 bits per heavy atom. The molecular formula is C17H28O4SSi. The first-order chi connectivity index (χ1) is 10.4. The van der Waals surface area contributed by atoms with Crippen molar-refractivity contribution in [1.82, 2.24) is 0 Å². The van der Waals surface area contributed by atoms with Gasteiger partial charge >= 0.3 is 0 Å². The Bertz CT molecular complexity index is 661. The smallest absolute Gasteiger partial charge is 0.264 e. The largest absolute Gasteiger partial charge is 0.410 e. The van der Waals surface area contributed by atoms with E-state index in [1.54, 1.807) is 0 Å². The number of hydrogen-bond acceptors (Lipinski definition) is 4. The molecule has 4 nitrogen and oxygen atoms in total. The van der Waals surface area contributed by atoms with Gasteiger partial charge in [0, 0.05) is 5.92 Å². The Hall–Kier alpha value is -0.693. The molecule has 0 N–H and O–H groups in total. The van der Waals surface area contributed by atoms with E-state index in [9.17, 15) is 8.42 Å². The zero-order chi connectivity index (χ0) is 17.5. The van der Waals surface area contributed by atoms with Gasteiger partial charge in [-0.15, -0.1) is 0 Å². The summed E-state index contributed by atoms with van der Waals surface area (Å²) >= 11 is 0. The van der Waals surface area contributed by atoms with Crippen LogP contribution in [0.1, 0.15) is 50.3 Å². The molecule has 1 aliphatic carbocycles. The van der Waals surface area contributed by atoms with Crippen molar-refractivity contribution in [1.29, 1.82) is 0 Å². The third kappa shape index (κ3) is 4.44. The molecule has 0 saturated heterocycles. The highest BCUT2D eigenvalue weighted by molar-refractivity contribution is 7.85. The summed E-state index contributed by atoms with van der Waals surface area (Å²) in [5.74, 6) is 0.0655. The predicted octanol–water partition coefficient (Wildman–Crippen LogP) is 4.21. The standard InChI is InChI=1S/C17H28O4SSi/c1-17(2,3)23(5,6)21-16-11-13(12-20-22(4,18)19)14-9-7-8-10-15(14)16/h7-10,13,16H,11-12H2,1-6H3. The Labute approximate surface area is 141 Å². The van der Waals surface area contributed by atoms with Gasteiger partial charge in [0.25, 0.3) is 10.1 Å². The number of benzene rings is 1. The molecule has 0 aromatic heterocycles. The number of rotatable bonds is 5. The topological polar surface area (TPSA) is 52.6 Å². The van der Waals surface area contributed by atoms with E-state index in [0.29, 0.717) is 0 Å². The average molecular weight is 357 g/mol. The average Bonchev–Trinajstić information content (AvgIpc) is 2.72. The first-order valence-corrected chi connectivity index (χ1v) is 12.7. The third-order valence-electron chi connectivity index (χ3n) is 5.01. The summed E-state index contributed by atoms with van der Waals surface area (Å²) < 4.78 is 34.2. The number of hydrogen-bond donors (Lipinski definition) is 0. The molecule has 0 bridgehead atoms. The van der Waals surface area contributed by atoms with Gasteiger partial charge in [-0.05, 0) is 35.7 Å². The summed E-state index contributed by atoms with van der Waals surface area (Å²) in [6, 6.07) is 8.15. The van der Waals surface area contributed by atoms with Gasteiger partial charge < -0.3 is 4.43 Å². The van der Waals surface area contributed by atoms with E-state index in [1.165, 1.54) is 5.56 Å². The fourth-order valence-corrected chi connectivity index (χ4v) is 4.40. The lowest BCUT2D eigenvalue weighted by molar-refractivity contribution is 0.169. The quantitative estimate of drug-likeness (QED) is 0.586. The van der Waals surface area contributed by atoms with Crippen molar-refractivity contribution in [3.8, 4) is 0 Å². The molecule has 1 aliphatic rings. The van der Waals surface area contributed by atoms with Crippen LogP contribution in [0.25, 0.3) is 0 Å². The molecule has 2 unspecified atom stereocenters. The van der Waals surface area contributed by atoms with Crippen LogP contribution < -0.4 is 0 Å². The van der Waals surface area contributed by atoms with E-state index in [2.05, 4.69) is 46.0 Å². The zero-order valence-corrected chi connectivity index (χ0v) is 16.7. The van der Waals surface area contributed by atoms with E-state index in [-0.39, 0.29) is 23.7 Å². The fourth-order valence-electron chi connectivity index (χ4n) is 2.70. The molecule has 1 aromatic carbocycles. The van der Waals surface area contributed by atoms with E-state index in [4.69, 9.17) is 8.61 Å². The van der Waals surface area contributed by atoms with Gasteiger partial charge in [-0.25, -0.2) is 0 Å². The Morgan fingerprint density at radius 2 is 1.74 bits per heavy atom. The summed E-state index contributed by atoms with van der Waals surface area (Å²) in [5, 5.41) is 0.142. The zero-order valence-electron chi connectivity index (χ0n) is 14.9. The van der Waals surface area contributed by atoms with Crippen molar-refractivity contribution in [3.05, 3.63) is 35.4 Å². The predicted molar refractivity (Wildman–Crippen MR) is 95.6 cm³/mol. The van der Waals surface area contributed by atoms with Crippen molar-refractivity contribution in [2.24, 2.45) is 0 Å². The Balaban J connectivity index is 2.21. The van der Waals surface area contributed by atoms with Gasteiger partial charge in [-0.2, -0.15) is 8.42 Å². The lowest BCUT2D eigenvalue weighted by Crippen LogP contribution is -2.41. The van der Waals surface area contributed by atoms with Gasteiger partial charge in [-0.3, -0.25) is 4.18 Å². The SMILES string of the molecule is CC(C)(C)[Si](C)(C)OC1CC(COS(C)(=O)=O)c2ccccc21. The molecule has 2 rings (SSSR count). The van der Waals surface area contributed by atoms with Crippen LogP contribution in [0.5, 0.6) is 0 Å². The molecule has 0 amide bonds. The lowest BCUT2D eigenvalue weighted by atomic mass is 10.0. The Kier molecular flexibility index (Phi) is 5.12. The molecule has 1 aromatic rings. The Morgan fingerprint density at radius 1 is 1.17 bits per heavy atom. The maximum absolute atomic E-state index is 11.3. The van der Waals surface area contributed by atoms with Crippen LogP contribution in [-0.4, -0.2) is 29.6 Å². The van der Waals surface area contributed by atoms with Crippen LogP contribution in [-0.2, 0) is 18.7 Å². The normalized spacial score (nSPS) is 22.2. The van der Waals surface area contributed by atoms with E-state index in [0.717, 1.165) is 18.2 Å². The molecule has 23 heavy (non-hydrogen) atoms. The summed E-state index contributed by atoms with van der Waals surface area (Å²) in [5.41, 5.74) is 2.33. The second kappa shape index (κ2) is 6.31. The van der Waals surface area contributed by atoms with Gasteiger partial charge in [0.05, 0.1) is 19.0 Å². The number of fused-ring (bicyclic) bond motifs is 1.